The van der Waals surface area contributed by atoms with Gasteiger partial charge in [-0.3, -0.25) is 19.2 Å². The van der Waals surface area contributed by atoms with Crippen molar-refractivity contribution in [2.75, 3.05) is 46.1 Å². The Kier molecular flexibility index (Phi) is 12.7. The zero-order chi connectivity index (χ0) is 20.7. The van der Waals surface area contributed by atoms with Gasteiger partial charge in [0.25, 0.3) is 0 Å². The molecule has 0 aliphatic heterocycles. The summed E-state index contributed by atoms with van der Waals surface area (Å²) in [5, 5.41) is 5.07. The molecule has 27 heavy (non-hydrogen) atoms. The van der Waals surface area contributed by atoms with E-state index in [1.165, 1.54) is 6.92 Å². The van der Waals surface area contributed by atoms with Crippen LogP contribution in [0.4, 0.5) is 4.79 Å². The van der Waals surface area contributed by atoms with Gasteiger partial charge in [0.15, 0.2) is 12.4 Å². The molecule has 0 spiro atoms. The molecule has 11 heteroatoms. The molecule has 0 atom stereocenters. The minimum absolute atomic E-state index is 0.0966. The van der Waals surface area contributed by atoms with Crippen molar-refractivity contribution in [2.24, 2.45) is 0 Å². The van der Waals surface area contributed by atoms with Gasteiger partial charge in [0, 0.05) is 13.1 Å². The summed E-state index contributed by atoms with van der Waals surface area (Å²) in [5.41, 5.74) is 1.34. The number of nitrogens with one attached hydrogen (secondary N) is 3. The topological polar surface area (TPSA) is 141 Å². The molecule has 0 radical (unpaired) electrons. The van der Waals surface area contributed by atoms with Crippen LogP contribution in [0.5, 0.6) is 0 Å². The normalized spacial score (nSPS) is 10.8. The quantitative estimate of drug-likeness (QED) is 0.276. The molecule has 0 aromatic heterocycles. The molecule has 11 nitrogen and oxygen atoms in total. The first kappa shape index (κ1) is 24.8. The number of hydrogen-bond acceptors (Lipinski definition) is 8. The Labute approximate surface area is 158 Å². The minimum Gasteiger partial charge on any atom is -0.442 e. The highest BCUT2D eigenvalue weighted by Crippen LogP contribution is 2.06. The van der Waals surface area contributed by atoms with Crippen molar-refractivity contribution < 1.29 is 38.2 Å². The van der Waals surface area contributed by atoms with Crippen LogP contribution in [0.15, 0.2) is 0 Å². The summed E-state index contributed by atoms with van der Waals surface area (Å²) in [7, 11) is 0. The molecule has 156 valence electrons. The van der Waals surface area contributed by atoms with Crippen LogP contribution in [-0.4, -0.2) is 75.4 Å². The lowest BCUT2D eigenvalue weighted by Crippen LogP contribution is -2.37. The van der Waals surface area contributed by atoms with Gasteiger partial charge < -0.3 is 24.8 Å². The number of hydrogen-bond donors (Lipinski definition) is 3. The third-order valence-corrected chi connectivity index (χ3v) is 2.43. The van der Waals surface area contributed by atoms with E-state index in [4.69, 9.17) is 19.0 Å². The van der Waals surface area contributed by atoms with Crippen molar-refractivity contribution in [1.29, 1.82) is 0 Å². The maximum atomic E-state index is 11.5. The summed E-state index contributed by atoms with van der Waals surface area (Å²) in [5.74, 6) is -0.937. The first-order chi connectivity index (χ1) is 12.6. The number of ether oxygens (including phenoxy) is 3. The van der Waals surface area contributed by atoms with E-state index in [0.717, 1.165) is 0 Å². The molecule has 0 aliphatic rings. The molecule has 0 saturated heterocycles. The van der Waals surface area contributed by atoms with Crippen molar-refractivity contribution in [3.05, 3.63) is 0 Å². The van der Waals surface area contributed by atoms with Crippen LogP contribution >= 0.6 is 0 Å². The highest BCUT2D eigenvalue weighted by atomic mass is 16.7. The first-order valence-electron chi connectivity index (χ1n) is 8.39. The van der Waals surface area contributed by atoms with Crippen LogP contribution < -0.4 is 16.1 Å². The summed E-state index contributed by atoms with van der Waals surface area (Å²) >= 11 is 0. The molecule has 0 bridgehead atoms. The average molecular weight is 391 g/mol. The van der Waals surface area contributed by atoms with E-state index in [-0.39, 0.29) is 57.8 Å². The van der Waals surface area contributed by atoms with E-state index < -0.39 is 17.6 Å². The van der Waals surface area contributed by atoms with Crippen LogP contribution in [-0.2, 0) is 33.4 Å². The Morgan fingerprint density at radius 2 is 1.37 bits per heavy atom. The molecule has 0 aromatic rings. The fourth-order valence-corrected chi connectivity index (χ4v) is 1.48. The van der Waals surface area contributed by atoms with Crippen molar-refractivity contribution in [2.45, 2.75) is 33.3 Å². The zero-order valence-corrected chi connectivity index (χ0v) is 16.2. The molecule has 0 heterocycles. The summed E-state index contributed by atoms with van der Waals surface area (Å²) in [6.07, 6.45) is -0.785. The van der Waals surface area contributed by atoms with Gasteiger partial charge in [0.2, 0.25) is 11.8 Å². The number of carbonyl (C=O) groups is 4. The molecule has 0 aliphatic carbocycles. The van der Waals surface area contributed by atoms with Crippen LogP contribution in [0.1, 0.15) is 27.7 Å². The number of carbonyl (C=O) groups excluding carboxylic acids is 4. The van der Waals surface area contributed by atoms with Crippen LogP contribution in [0.2, 0.25) is 0 Å². The van der Waals surface area contributed by atoms with Gasteiger partial charge in [-0.05, 0) is 27.7 Å². The standard InChI is InChI=1S/C16H29N3O8/c1-12(20)9-25-10-13(21)17-5-7-24-8-6-18-14(22)11-26-19-15(23)27-16(2,3)4/h5-11H2,1-4H3,(H,17,21)(H,18,22)(H,19,23). The Balaban J connectivity index is 3.49. The monoisotopic (exact) mass is 391 g/mol. The zero-order valence-electron chi connectivity index (χ0n) is 16.2. The number of amides is 3. The summed E-state index contributed by atoms with van der Waals surface area (Å²) < 4.78 is 15.0. The fraction of sp³-hybridized carbons (Fsp3) is 0.750. The number of ketones is 1. The second kappa shape index (κ2) is 13.9. The Morgan fingerprint density at radius 3 is 1.89 bits per heavy atom. The van der Waals surface area contributed by atoms with Gasteiger partial charge in [-0.2, -0.15) is 5.48 Å². The summed E-state index contributed by atoms with van der Waals surface area (Å²) in [4.78, 5) is 49.4. The van der Waals surface area contributed by atoms with Gasteiger partial charge in [-0.25, -0.2) is 4.79 Å². The molecular formula is C16H29N3O8. The number of Topliss-reactive ketones (excluding diaryl/α,β-unsaturated/α-hetero) is 1. The van der Waals surface area contributed by atoms with E-state index in [1.54, 1.807) is 20.8 Å². The highest BCUT2D eigenvalue weighted by Gasteiger charge is 2.16. The van der Waals surface area contributed by atoms with Crippen molar-refractivity contribution >= 4 is 23.7 Å². The molecule has 0 unspecified atom stereocenters. The fourth-order valence-electron chi connectivity index (χ4n) is 1.48. The summed E-state index contributed by atoms with van der Waals surface area (Å²) in [6.45, 7) is 6.83. The van der Waals surface area contributed by atoms with E-state index in [9.17, 15) is 19.2 Å². The highest BCUT2D eigenvalue weighted by molar-refractivity contribution is 5.79. The lowest BCUT2D eigenvalue weighted by atomic mass is 10.2. The lowest BCUT2D eigenvalue weighted by Gasteiger charge is -2.19. The van der Waals surface area contributed by atoms with Crippen molar-refractivity contribution in [3.63, 3.8) is 0 Å². The van der Waals surface area contributed by atoms with Gasteiger partial charge in [0.05, 0.1) is 13.2 Å². The van der Waals surface area contributed by atoms with Crippen molar-refractivity contribution in [3.8, 4) is 0 Å². The van der Waals surface area contributed by atoms with E-state index in [1.807, 2.05) is 5.48 Å². The van der Waals surface area contributed by atoms with Crippen molar-refractivity contribution in [1.82, 2.24) is 16.1 Å². The van der Waals surface area contributed by atoms with Gasteiger partial charge >= 0.3 is 6.09 Å². The minimum atomic E-state index is -0.785. The average Bonchev–Trinajstić information content (AvgIpc) is 2.51. The van der Waals surface area contributed by atoms with Gasteiger partial charge in [-0.1, -0.05) is 0 Å². The second-order valence-corrected chi connectivity index (χ2v) is 6.40. The predicted octanol–water partition coefficient (Wildman–Crippen LogP) is -0.703. The molecule has 0 aromatic carbocycles. The van der Waals surface area contributed by atoms with Crippen LogP contribution in [0.3, 0.4) is 0 Å². The Morgan fingerprint density at radius 1 is 0.815 bits per heavy atom. The summed E-state index contributed by atoms with van der Waals surface area (Å²) in [6, 6.07) is 0. The largest absolute Gasteiger partial charge is 0.442 e. The van der Waals surface area contributed by atoms with Gasteiger partial charge in [-0.15, -0.1) is 0 Å². The number of hydroxylamine groups is 1. The Bertz CT molecular complexity index is 491. The van der Waals surface area contributed by atoms with Gasteiger partial charge in [0.1, 0.15) is 18.8 Å². The molecule has 0 rings (SSSR count). The third-order valence-electron chi connectivity index (χ3n) is 2.43. The van der Waals surface area contributed by atoms with Crippen LogP contribution in [0, 0.1) is 0 Å². The van der Waals surface area contributed by atoms with E-state index >= 15 is 0 Å². The smallest absolute Gasteiger partial charge is 0.431 e. The predicted molar refractivity (Wildman–Crippen MR) is 93.7 cm³/mol. The van der Waals surface area contributed by atoms with E-state index in [0.29, 0.717) is 0 Å². The maximum Gasteiger partial charge on any atom is 0.431 e. The SMILES string of the molecule is CC(=O)COCC(=O)NCCOCCNC(=O)CONC(=O)OC(C)(C)C. The first-order valence-corrected chi connectivity index (χ1v) is 8.39. The molecule has 3 N–H and O–H groups in total. The van der Waals surface area contributed by atoms with E-state index in [2.05, 4.69) is 10.6 Å². The third kappa shape index (κ3) is 18.4. The maximum absolute atomic E-state index is 11.5. The molecule has 3 amide bonds. The Hall–Kier alpha value is -2.24. The second-order valence-electron chi connectivity index (χ2n) is 6.40. The molecule has 0 saturated carbocycles. The molecular weight excluding hydrogens is 362 g/mol. The lowest BCUT2D eigenvalue weighted by molar-refractivity contribution is -0.129. The number of rotatable bonds is 13. The van der Waals surface area contributed by atoms with Crippen LogP contribution in [0.25, 0.3) is 0 Å². The molecule has 0 fully saturated rings.